The first-order valence-corrected chi connectivity index (χ1v) is 10.7. The van der Waals surface area contributed by atoms with Crippen LogP contribution in [0, 0.1) is 23.7 Å². The molecule has 4 rings (SSSR count). The van der Waals surface area contributed by atoms with E-state index in [0.717, 1.165) is 6.42 Å². The minimum absolute atomic E-state index is 0.0220. The molecular weight excluding hydrogens is 459 g/mol. The predicted octanol–water partition coefficient (Wildman–Crippen LogP) is 3.63. The topological polar surface area (TPSA) is 69.7 Å². The number of esters is 2. The summed E-state index contributed by atoms with van der Waals surface area (Å²) in [5.74, 6) is -2.05. The lowest BCUT2D eigenvalue weighted by Crippen LogP contribution is -2.41. The average Bonchev–Trinajstić information content (AvgIpc) is 3.25. The molecule has 144 valence electrons. The van der Waals surface area contributed by atoms with Gasteiger partial charge in [0.25, 0.3) is 0 Å². The Bertz CT molecular complexity index is 783. The summed E-state index contributed by atoms with van der Waals surface area (Å²) in [6.07, 6.45) is -0.198. The van der Waals surface area contributed by atoms with Crippen LogP contribution in [0.4, 0.5) is 0 Å². The van der Waals surface area contributed by atoms with Crippen LogP contribution in [-0.4, -0.2) is 40.6 Å². The summed E-state index contributed by atoms with van der Waals surface area (Å²) in [5.41, 5.74) is 0.397. The van der Waals surface area contributed by atoms with E-state index >= 15 is 0 Å². The largest absolute Gasteiger partial charge is 0.461 e. The fraction of sp³-hybridized carbons (Fsp3) is 0.526. The van der Waals surface area contributed by atoms with Crippen molar-refractivity contribution in [3.05, 3.63) is 34.9 Å². The Morgan fingerprint density at radius 2 is 1.96 bits per heavy atom. The Labute approximate surface area is 174 Å². The molecule has 1 aromatic rings. The molecule has 0 spiro atoms. The standard InChI is InChI=1S/C19H17BrCl2O5/c20-15-10-7-11-14(19(25)27-17(11)15)13(10)18(24)26-12(5-6-21)16(23)8-1-3-9(22)4-2-8/h1-4,10-15,17H,5-7H2/t10-,11-,12+,13-,14+,15+,17+/m1/s1. The van der Waals surface area contributed by atoms with Gasteiger partial charge in [0.2, 0.25) is 5.78 Å². The van der Waals surface area contributed by atoms with Crippen LogP contribution in [-0.2, 0) is 19.1 Å². The van der Waals surface area contributed by atoms with Gasteiger partial charge in [-0.1, -0.05) is 27.5 Å². The third kappa shape index (κ3) is 3.19. The number of Topliss-reactive ketones (excluding diaryl/α,β-unsaturated/α-hetero) is 1. The molecule has 1 saturated heterocycles. The summed E-state index contributed by atoms with van der Waals surface area (Å²) in [7, 11) is 0. The number of alkyl halides is 2. The van der Waals surface area contributed by atoms with E-state index in [-0.39, 0.29) is 46.8 Å². The highest BCUT2D eigenvalue weighted by Crippen LogP contribution is 2.60. The summed E-state index contributed by atoms with van der Waals surface area (Å²) in [4.78, 5) is 37.8. The SMILES string of the molecule is O=C(O[C@@H](CCCl)C(=O)c1ccc(Cl)cc1)[C@@H]1[C@H]2C[C@H]3[C@H](OC(=O)[C@@H]31)[C@H]2Br. The molecule has 0 N–H and O–H groups in total. The molecule has 0 amide bonds. The minimum atomic E-state index is -0.989. The lowest BCUT2D eigenvalue weighted by molar-refractivity contribution is -0.158. The van der Waals surface area contributed by atoms with E-state index in [9.17, 15) is 14.4 Å². The van der Waals surface area contributed by atoms with E-state index in [1.54, 1.807) is 24.3 Å². The zero-order valence-electron chi connectivity index (χ0n) is 14.1. The number of hydrogen-bond acceptors (Lipinski definition) is 5. The molecule has 0 radical (unpaired) electrons. The number of hydrogen-bond donors (Lipinski definition) is 0. The highest BCUT2D eigenvalue weighted by Gasteiger charge is 2.68. The first kappa shape index (κ1) is 19.2. The number of ether oxygens (including phenoxy) is 2. The number of halogens is 3. The number of rotatable bonds is 6. The van der Waals surface area contributed by atoms with Gasteiger partial charge in [-0.05, 0) is 36.6 Å². The first-order chi connectivity index (χ1) is 12.9. The quantitative estimate of drug-likeness (QED) is 0.357. The molecular formula is C19H17BrCl2O5. The molecule has 5 nitrogen and oxygen atoms in total. The van der Waals surface area contributed by atoms with Crippen LogP contribution in [0.25, 0.3) is 0 Å². The summed E-state index contributed by atoms with van der Waals surface area (Å²) in [6.45, 7) is 0. The maximum atomic E-state index is 12.9. The highest BCUT2D eigenvalue weighted by atomic mass is 79.9. The zero-order chi connectivity index (χ0) is 19.3. The van der Waals surface area contributed by atoms with Crippen LogP contribution in [0.3, 0.4) is 0 Å². The molecule has 8 heteroatoms. The highest BCUT2D eigenvalue weighted by molar-refractivity contribution is 9.09. The number of carbonyl (C=O) groups excluding carboxylic acids is 3. The van der Waals surface area contributed by atoms with Crippen molar-refractivity contribution in [3.8, 4) is 0 Å². The summed E-state index contributed by atoms with van der Waals surface area (Å²) in [6, 6.07) is 6.39. The number of benzene rings is 1. The van der Waals surface area contributed by atoms with Crippen LogP contribution in [0.2, 0.25) is 5.02 Å². The third-order valence-corrected chi connectivity index (χ3v) is 7.52. The van der Waals surface area contributed by atoms with Crippen LogP contribution >= 0.6 is 39.1 Å². The van der Waals surface area contributed by atoms with Gasteiger partial charge in [-0.15, -0.1) is 11.6 Å². The Hall–Kier alpha value is -1.11. The third-order valence-electron chi connectivity index (χ3n) is 5.85. The normalized spacial score (nSPS) is 34.4. The van der Waals surface area contributed by atoms with Crippen LogP contribution in [0.5, 0.6) is 0 Å². The summed E-state index contributed by atoms with van der Waals surface area (Å²) in [5, 5.41) is 0.511. The van der Waals surface area contributed by atoms with Gasteiger partial charge < -0.3 is 9.47 Å². The molecule has 27 heavy (non-hydrogen) atoms. The first-order valence-electron chi connectivity index (χ1n) is 8.83. The second-order valence-electron chi connectivity index (χ2n) is 7.24. The average molecular weight is 476 g/mol. The smallest absolute Gasteiger partial charge is 0.310 e. The second-order valence-corrected chi connectivity index (χ2v) is 9.11. The molecule has 2 aliphatic carbocycles. The Morgan fingerprint density at radius 3 is 2.63 bits per heavy atom. The van der Waals surface area contributed by atoms with Crippen LogP contribution in [0.15, 0.2) is 24.3 Å². The Balaban J connectivity index is 1.52. The van der Waals surface area contributed by atoms with Crippen molar-refractivity contribution in [2.24, 2.45) is 23.7 Å². The van der Waals surface area contributed by atoms with E-state index in [1.165, 1.54) is 0 Å². The second kappa shape index (κ2) is 7.37. The van der Waals surface area contributed by atoms with Crippen molar-refractivity contribution in [2.45, 2.75) is 29.9 Å². The Morgan fingerprint density at radius 1 is 1.26 bits per heavy atom. The fourth-order valence-electron chi connectivity index (χ4n) is 4.66. The molecule has 2 saturated carbocycles. The lowest BCUT2D eigenvalue weighted by Gasteiger charge is -2.28. The lowest BCUT2D eigenvalue weighted by atomic mass is 9.80. The molecule has 0 aromatic heterocycles. The molecule has 0 unspecified atom stereocenters. The molecule has 1 aromatic carbocycles. The van der Waals surface area contributed by atoms with Gasteiger partial charge in [0, 0.05) is 28.8 Å². The zero-order valence-corrected chi connectivity index (χ0v) is 17.2. The summed E-state index contributed by atoms with van der Waals surface area (Å²) < 4.78 is 11.0. The fourth-order valence-corrected chi connectivity index (χ4v) is 6.02. The van der Waals surface area contributed by atoms with E-state index in [4.69, 9.17) is 32.7 Å². The van der Waals surface area contributed by atoms with Gasteiger partial charge >= 0.3 is 11.9 Å². The van der Waals surface area contributed by atoms with Gasteiger partial charge in [0.05, 0.1) is 16.7 Å². The van der Waals surface area contributed by atoms with Gasteiger partial charge in [0.15, 0.2) is 6.10 Å². The minimum Gasteiger partial charge on any atom is -0.461 e. The van der Waals surface area contributed by atoms with Gasteiger partial charge in [-0.2, -0.15) is 0 Å². The van der Waals surface area contributed by atoms with Crippen molar-refractivity contribution in [3.63, 3.8) is 0 Å². The van der Waals surface area contributed by atoms with E-state index in [0.29, 0.717) is 10.6 Å². The maximum absolute atomic E-state index is 12.9. The monoisotopic (exact) mass is 474 g/mol. The van der Waals surface area contributed by atoms with Crippen molar-refractivity contribution >= 4 is 56.9 Å². The number of ketones is 1. The van der Waals surface area contributed by atoms with Gasteiger partial charge in [-0.3, -0.25) is 14.4 Å². The van der Waals surface area contributed by atoms with Crippen molar-refractivity contribution < 1.29 is 23.9 Å². The van der Waals surface area contributed by atoms with Gasteiger partial charge in [-0.25, -0.2) is 0 Å². The van der Waals surface area contributed by atoms with E-state index < -0.39 is 23.9 Å². The number of carbonyl (C=O) groups is 3. The molecule has 1 aliphatic heterocycles. The molecule has 3 aliphatic rings. The van der Waals surface area contributed by atoms with Crippen LogP contribution < -0.4 is 0 Å². The molecule has 1 heterocycles. The molecule has 7 atom stereocenters. The van der Waals surface area contributed by atoms with Gasteiger partial charge in [0.1, 0.15) is 6.10 Å². The van der Waals surface area contributed by atoms with Crippen molar-refractivity contribution in [2.75, 3.05) is 5.88 Å². The molecule has 2 bridgehead atoms. The Kier molecular flexibility index (Phi) is 5.25. The van der Waals surface area contributed by atoms with Crippen molar-refractivity contribution in [1.29, 1.82) is 0 Å². The van der Waals surface area contributed by atoms with Crippen molar-refractivity contribution in [1.82, 2.24) is 0 Å². The maximum Gasteiger partial charge on any atom is 0.310 e. The van der Waals surface area contributed by atoms with E-state index in [1.807, 2.05) is 0 Å². The molecule has 3 fully saturated rings. The summed E-state index contributed by atoms with van der Waals surface area (Å²) >= 11 is 15.3. The van der Waals surface area contributed by atoms with Crippen LogP contribution in [0.1, 0.15) is 23.2 Å². The number of fused-ring (bicyclic) bond motifs is 1. The predicted molar refractivity (Wildman–Crippen MR) is 102 cm³/mol. The van der Waals surface area contributed by atoms with E-state index in [2.05, 4.69) is 15.9 Å².